The summed E-state index contributed by atoms with van der Waals surface area (Å²) in [5.74, 6) is -0.418. The molecule has 2 N–H and O–H groups in total. The minimum Gasteiger partial charge on any atom is -0.393 e. The topological polar surface area (TPSA) is 92.5 Å². The molecule has 0 aromatic heterocycles. The lowest BCUT2D eigenvalue weighted by molar-refractivity contribution is -0.385. The molecule has 1 amide bonds. The van der Waals surface area contributed by atoms with E-state index in [-0.39, 0.29) is 23.4 Å². The zero-order chi connectivity index (χ0) is 15.4. The number of rotatable bonds is 4. The second kappa shape index (κ2) is 6.91. The lowest BCUT2D eigenvalue weighted by atomic mass is 9.93. The number of benzene rings is 1. The average Bonchev–Trinajstić information content (AvgIpc) is 2.48. The van der Waals surface area contributed by atoms with Gasteiger partial charge < -0.3 is 10.4 Å². The smallest absolute Gasteiger partial charge is 0.282 e. The quantitative estimate of drug-likeness (QED) is 0.506. The first kappa shape index (κ1) is 15.8. The van der Waals surface area contributed by atoms with Gasteiger partial charge in [0.25, 0.3) is 11.6 Å². The average molecular weight is 310 g/mol. The highest BCUT2D eigenvalue weighted by atomic mass is 32.2. The largest absolute Gasteiger partial charge is 0.393 e. The Bertz CT molecular complexity index is 542. The SMILES string of the molecule is CSc1ccc([N+](=O)[O-])c(C(=O)NC2CCC(O)CC2)c1. The van der Waals surface area contributed by atoms with Gasteiger partial charge in [-0.25, -0.2) is 0 Å². The minimum absolute atomic E-state index is 0.0292. The molecule has 114 valence electrons. The minimum atomic E-state index is -0.538. The molecule has 2 rings (SSSR count). The van der Waals surface area contributed by atoms with Crippen LogP contribution in [0.2, 0.25) is 0 Å². The Morgan fingerprint density at radius 1 is 1.38 bits per heavy atom. The highest BCUT2D eigenvalue weighted by Crippen LogP contribution is 2.25. The van der Waals surface area contributed by atoms with Crippen LogP contribution in [-0.2, 0) is 0 Å². The van der Waals surface area contributed by atoms with Crippen LogP contribution < -0.4 is 5.32 Å². The third-order valence-electron chi connectivity index (χ3n) is 3.68. The van der Waals surface area contributed by atoms with Crippen LogP contribution in [-0.4, -0.2) is 34.3 Å². The van der Waals surface area contributed by atoms with Crippen molar-refractivity contribution in [2.45, 2.75) is 42.7 Å². The molecule has 0 aliphatic heterocycles. The van der Waals surface area contributed by atoms with Crippen molar-refractivity contribution in [1.82, 2.24) is 5.32 Å². The standard InChI is InChI=1S/C14H18N2O4S/c1-21-11-6-7-13(16(19)20)12(8-11)14(18)15-9-2-4-10(17)5-3-9/h6-10,17H,2-5H2,1H3,(H,15,18). The van der Waals surface area contributed by atoms with Gasteiger partial charge in [0.2, 0.25) is 0 Å². The molecule has 0 heterocycles. The molecule has 1 aromatic rings. The molecule has 21 heavy (non-hydrogen) atoms. The summed E-state index contributed by atoms with van der Waals surface area (Å²) in [7, 11) is 0. The van der Waals surface area contributed by atoms with Crippen molar-refractivity contribution in [3.05, 3.63) is 33.9 Å². The van der Waals surface area contributed by atoms with Crippen LogP contribution in [0.4, 0.5) is 5.69 Å². The summed E-state index contributed by atoms with van der Waals surface area (Å²) < 4.78 is 0. The van der Waals surface area contributed by atoms with Crippen molar-refractivity contribution in [2.75, 3.05) is 6.26 Å². The van der Waals surface area contributed by atoms with E-state index in [2.05, 4.69) is 5.32 Å². The molecule has 0 saturated heterocycles. The van der Waals surface area contributed by atoms with Gasteiger partial charge in [-0.2, -0.15) is 0 Å². The summed E-state index contributed by atoms with van der Waals surface area (Å²) in [6, 6.07) is 4.52. The highest BCUT2D eigenvalue weighted by molar-refractivity contribution is 7.98. The van der Waals surface area contributed by atoms with E-state index in [0.29, 0.717) is 25.7 Å². The van der Waals surface area contributed by atoms with Crippen molar-refractivity contribution < 1.29 is 14.8 Å². The first-order valence-corrected chi connectivity index (χ1v) is 8.05. The summed E-state index contributed by atoms with van der Waals surface area (Å²) in [5, 5.41) is 23.3. The van der Waals surface area contributed by atoms with Gasteiger partial charge in [-0.05, 0) is 44.1 Å². The van der Waals surface area contributed by atoms with Crippen molar-refractivity contribution in [3.8, 4) is 0 Å². The Kier molecular flexibility index (Phi) is 5.19. The Morgan fingerprint density at radius 3 is 2.62 bits per heavy atom. The number of nitrogens with zero attached hydrogens (tertiary/aromatic N) is 1. The van der Waals surface area contributed by atoms with Crippen molar-refractivity contribution in [2.24, 2.45) is 0 Å². The molecule has 0 radical (unpaired) electrons. The van der Waals surface area contributed by atoms with Crippen molar-refractivity contribution in [1.29, 1.82) is 0 Å². The summed E-state index contributed by atoms with van der Waals surface area (Å²) in [5.41, 5.74) is -0.0842. The van der Waals surface area contributed by atoms with Gasteiger partial charge in [0.15, 0.2) is 0 Å². The molecule has 6 nitrogen and oxygen atoms in total. The molecule has 0 spiro atoms. The van der Waals surface area contributed by atoms with Crippen molar-refractivity contribution in [3.63, 3.8) is 0 Å². The Labute approximate surface area is 127 Å². The number of nitro benzene ring substituents is 1. The Morgan fingerprint density at radius 2 is 2.05 bits per heavy atom. The van der Waals surface area contributed by atoms with E-state index in [4.69, 9.17) is 0 Å². The molecule has 1 aliphatic rings. The van der Waals surface area contributed by atoms with Crippen LogP contribution in [0.1, 0.15) is 36.0 Å². The summed E-state index contributed by atoms with van der Waals surface area (Å²) in [6.45, 7) is 0. The van der Waals surface area contributed by atoms with E-state index in [1.165, 1.54) is 17.8 Å². The van der Waals surface area contributed by atoms with Gasteiger partial charge in [-0.3, -0.25) is 14.9 Å². The number of thioether (sulfide) groups is 1. The zero-order valence-electron chi connectivity index (χ0n) is 11.7. The van der Waals surface area contributed by atoms with Crippen LogP contribution in [0.5, 0.6) is 0 Å². The van der Waals surface area contributed by atoms with E-state index in [9.17, 15) is 20.0 Å². The third-order valence-corrected chi connectivity index (χ3v) is 4.40. The summed E-state index contributed by atoms with van der Waals surface area (Å²) in [4.78, 5) is 23.6. The van der Waals surface area contributed by atoms with Gasteiger partial charge >= 0.3 is 0 Å². The van der Waals surface area contributed by atoms with Gasteiger partial charge in [-0.1, -0.05) is 0 Å². The highest BCUT2D eigenvalue weighted by Gasteiger charge is 2.25. The maximum absolute atomic E-state index is 12.3. The van der Waals surface area contributed by atoms with Gasteiger partial charge in [0, 0.05) is 17.0 Å². The molecule has 1 aliphatic carbocycles. The molecule has 7 heteroatoms. The van der Waals surface area contributed by atoms with E-state index in [0.717, 1.165) is 4.90 Å². The number of aliphatic hydroxyl groups excluding tert-OH is 1. The van der Waals surface area contributed by atoms with E-state index < -0.39 is 10.8 Å². The monoisotopic (exact) mass is 310 g/mol. The number of carbonyl (C=O) groups excluding carboxylic acids is 1. The zero-order valence-corrected chi connectivity index (χ0v) is 12.6. The summed E-state index contributed by atoms with van der Waals surface area (Å²) >= 11 is 1.43. The van der Waals surface area contributed by atoms with Crippen LogP contribution in [0.3, 0.4) is 0 Å². The number of hydrogen-bond acceptors (Lipinski definition) is 5. The first-order valence-electron chi connectivity index (χ1n) is 6.82. The van der Waals surface area contributed by atoms with E-state index in [1.807, 2.05) is 6.26 Å². The number of aliphatic hydroxyl groups is 1. The molecule has 0 unspecified atom stereocenters. The second-order valence-electron chi connectivity index (χ2n) is 5.12. The number of hydrogen-bond donors (Lipinski definition) is 2. The third kappa shape index (κ3) is 3.95. The lowest BCUT2D eigenvalue weighted by Crippen LogP contribution is -2.38. The number of amides is 1. The number of nitrogens with one attached hydrogen (secondary N) is 1. The van der Waals surface area contributed by atoms with Crippen LogP contribution >= 0.6 is 11.8 Å². The lowest BCUT2D eigenvalue weighted by Gasteiger charge is -2.26. The number of nitro groups is 1. The molecule has 0 bridgehead atoms. The molecular formula is C14H18N2O4S. The Balaban J connectivity index is 2.15. The Hall–Kier alpha value is -1.60. The fraction of sp³-hybridized carbons (Fsp3) is 0.500. The van der Waals surface area contributed by atoms with Crippen LogP contribution in [0, 0.1) is 10.1 Å². The molecule has 1 fully saturated rings. The molecule has 1 aromatic carbocycles. The first-order chi connectivity index (χ1) is 10.0. The predicted molar refractivity (Wildman–Crippen MR) is 80.6 cm³/mol. The summed E-state index contributed by atoms with van der Waals surface area (Å²) in [6.07, 6.45) is 4.25. The van der Waals surface area contributed by atoms with Crippen LogP contribution in [0.15, 0.2) is 23.1 Å². The van der Waals surface area contributed by atoms with E-state index in [1.54, 1.807) is 12.1 Å². The van der Waals surface area contributed by atoms with Gasteiger partial charge in [0.05, 0.1) is 11.0 Å². The van der Waals surface area contributed by atoms with Gasteiger partial charge in [-0.15, -0.1) is 11.8 Å². The molecule has 0 atom stereocenters. The van der Waals surface area contributed by atoms with E-state index >= 15 is 0 Å². The fourth-order valence-corrected chi connectivity index (χ4v) is 2.91. The maximum atomic E-state index is 12.3. The normalized spacial score (nSPS) is 21.8. The molecule has 1 saturated carbocycles. The fourth-order valence-electron chi connectivity index (χ4n) is 2.47. The molecular weight excluding hydrogens is 292 g/mol. The van der Waals surface area contributed by atoms with Crippen LogP contribution in [0.25, 0.3) is 0 Å². The number of carbonyl (C=O) groups is 1. The predicted octanol–water partition coefficient (Wildman–Crippen LogP) is 2.35. The van der Waals surface area contributed by atoms with Gasteiger partial charge in [0.1, 0.15) is 5.56 Å². The maximum Gasteiger partial charge on any atom is 0.282 e. The second-order valence-corrected chi connectivity index (χ2v) is 6.00. The van der Waals surface area contributed by atoms with Crippen molar-refractivity contribution >= 4 is 23.4 Å².